The molecule has 25 heavy (non-hydrogen) atoms. The molecule has 0 saturated carbocycles. The molecule has 0 saturated heterocycles. The molecule has 1 amide bonds. The molecule has 0 bridgehead atoms. The van der Waals surface area contributed by atoms with Crippen LogP contribution in [0.15, 0.2) is 60.7 Å². The minimum Gasteiger partial charge on any atom is -0.392 e. The van der Waals surface area contributed by atoms with Gasteiger partial charge < -0.3 is 10.4 Å². The van der Waals surface area contributed by atoms with Gasteiger partial charge in [0.1, 0.15) is 0 Å². The van der Waals surface area contributed by atoms with Crippen molar-refractivity contribution in [3.05, 3.63) is 83.2 Å². The van der Waals surface area contributed by atoms with Gasteiger partial charge in [-0.1, -0.05) is 42.5 Å². The maximum Gasteiger partial charge on any atom is 0.271 e. The van der Waals surface area contributed by atoms with E-state index >= 15 is 0 Å². The lowest BCUT2D eigenvalue weighted by molar-refractivity contribution is 0.0948. The van der Waals surface area contributed by atoms with Crippen LogP contribution in [-0.2, 0) is 13.0 Å². The highest BCUT2D eigenvalue weighted by atomic mass is 16.3. The molecule has 128 valence electrons. The van der Waals surface area contributed by atoms with Gasteiger partial charge in [-0.25, -0.2) is 4.68 Å². The Hall–Kier alpha value is -2.92. The lowest BCUT2D eigenvalue weighted by Crippen LogP contribution is -2.26. The minimum absolute atomic E-state index is 0.0421. The smallest absolute Gasteiger partial charge is 0.271 e. The van der Waals surface area contributed by atoms with Gasteiger partial charge in [0, 0.05) is 12.2 Å². The summed E-state index contributed by atoms with van der Waals surface area (Å²) in [6.45, 7) is 2.51. The Kier molecular flexibility index (Phi) is 5.26. The Labute approximate surface area is 146 Å². The van der Waals surface area contributed by atoms with E-state index < -0.39 is 0 Å². The summed E-state index contributed by atoms with van der Waals surface area (Å²) < 4.78 is 1.77. The number of aromatic nitrogens is 2. The van der Waals surface area contributed by atoms with Gasteiger partial charge >= 0.3 is 0 Å². The molecule has 0 unspecified atom stereocenters. The van der Waals surface area contributed by atoms with Crippen molar-refractivity contribution in [2.75, 3.05) is 6.54 Å². The molecule has 1 aromatic heterocycles. The number of amides is 1. The second-order valence-electron chi connectivity index (χ2n) is 5.90. The van der Waals surface area contributed by atoms with E-state index in [2.05, 4.69) is 10.4 Å². The van der Waals surface area contributed by atoms with E-state index in [1.54, 1.807) is 10.7 Å². The average Bonchev–Trinajstić information content (AvgIpc) is 3.05. The quantitative estimate of drug-likeness (QED) is 0.728. The molecule has 0 spiro atoms. The van der Waals surface area contributed by atoms with Crippen LogP contribution in [0, 0.1) is 6.92 Å². The van der Waals surface area contributed by atoms with Crippen LogP contribution in [0.1, 0.15) is 27.3 Å². The highest BCUT2D eigenvalue weighted by Crippen LogP contribution is 2.11. The van der Waals surface area contributed by atoms with Crippen LogP contribution in [0.3, 0.4) is 0 Å². The summed E-state index contributed by atoms with van der Waals surface area (Å²) in [4.78, 5) is 12.3. The first-order valence-electron chi connectivity index (χ1n) is 8.26. The lowest BCUT2D eigenvalue weighted by Gasteiger charge is -2.05. The van der Waals surface area contributed by atoms with Crippen molar-refractivity contribution in [1.82, 2.24) is 15.1 Å². The summed E-state index contributed by atoms with van der Waals surface area (Å²) in [6.07, 6.45) is 0.732. The largest absolute Gasteiger partial charge is 0.392 e. The monoisotopic (exact) mass is 335 g/mol. The first-order chi connectivity index (χ1) is 12.2. The van der Waals surface area contributed by atoms with Crippen molar-refractivity contribution in [3.8, 4) is 5.69 Å². The number of hydrogen-bond acceptors (Lipinski definition) is 3. The van der Waals surface area contributed by atoms with Crippen molar-refractivity contribution in [1.29, 1.82) is 0 Å². The van der Waals surface area contributed by atoms with Gasteiger partial charge in [-0.15, -0.1) is 0 Å². The standard InChI is InChI=1S/C20H21N3O2/c1-15-13-19(22-23(15)18-5-3-2-4-6-18)20(25)21-12-11-16-7-9-17(14-24)10-8-16/h2-10,13,24H,11-12,14H2,1H3,(H,21,25). The Morgan fingerprint density at radius 2 is 1.76 bits per heavy atom. The van der Waals surface area contributed by atoms with E-state index in [0.29, 0.717) is 12.2 Å². The van der Waals surface area contributed by atoms with Crippen LogP contribution in [0.2, 0.25) is 0 Å². The van der Waals surface area contributed by atoms with E-state index in [0.717, 1.165) is 28.9 Å². The first-order valence-corrected chi connectivity index (χ1v) is 8.26. The predicted molar refractivity (Wildman–Crippen MR) is 96.7 cm³/mol. The fourth-order valence-electron chi connectivity index (χ4n) is 2.64. The first kappa shape index (κ1) is 16.9. The van der Waals surface area contributed by atoms with Crippen LogP contribution >= 0.6 is 0 Å². The molecule has 0 radical (unpaired) electrons. The number of aliphatic hydroxyl groups excluding tert-OH is 1. The van der Waals surface area contributed by atoms with Crippen LogP contribution in [0.5, 0.6) is 0 Å². The summed E-state index contributed by atoms with van der Waals surface area (Å²) in [6, 6.07) is 19.2. The third-order valence-corrected chi connectivity index (χ3v) is 4.03. The van der Waals surface area contributed by atoms with Crippen molar-refractivity contribution in [2.24, 2.45) is 0 Å². The molecule has 1 heterocycles. The van der Waals surface area contributed by atoms with Crippen LogP contribution in [-0.4, -0.2) is 27.3 Å². The molecule has 2 N–H and O–H groups in total. The molecule has 0 atom stereocenters. The number of benzene rings is 2. The third-order valence-electron chi connectivity index (χ3n) is 4.03. The Bertz CT molecular complexity index is 839. The van der Waals surface area contributed by atoms with Gasteiger partial charge in [0.25, 0.3) is 5.91 Å². The topological polar surface area (TPSA) is 67.2 Å². The van der Waals surface area contributed by atoms with E-state index in [9.17, 15) is 4.79 Å². The number of carbonyl (C=O) groups is 1. The maximum atomic E-state index is 12.3. The summed E-state index contributed by atoms with van der Waals surface area (Å²) in [5.74, 6) is -0.176. The molecular formula is C20H21N3O2. The van der Waals surface area contributed by atoms with Gasteiger partial charge in [-0.05, 0) is 42.7 Å². The predicted octanol–water partition coefficient (Wildman–Crippen LogP) is 2.65. The number of nitrogens with zero attached hydrogens (tertiary/aromatic N) is 2. The molecule has 0 aliphatic rings. The van der Waals surface area contributed by atoms with Gasteiger partial charge in [0.15, 0.2) is 5.69 Å². The van der Waals surface area contributed by atoms with Crippen LogP contribution in [0.25, 0.3) is 5.69 Å². The highest BCUT2D eigenvalue weighted by molar-refractivity contribution is 5.92. The summed E-state index contributed by atoms with van der Waals surface area (Å²) in [5, 5.41) is 16.4. The zero-order valence-corrected chi connectivity index (χ0v) is 14.1. The minimum atomic E-state index is -0.176. The number of para-hydroxylation sites is 1. The fourth-order valence-corrected chi connectivity index (χ4v) is 2.64. The Balaban J connectivity index is 1.60. The number of rotatable bonds is 6. The SMILES string of the molecule is Cc1cc(C(=O)NCCc2ccc(CO)cc2)nn1-c1ccccc1. The maximum absolute atomic E-state index is 12.3. The summed E-state index contributed by atoms with van der Waals surface area (Å²) >= 11 is 0. The second kappa shape index (κ2) is 7.77. The second-order valence-corrected chi connectivity index (χ2v) is 5.90. The zero-order valence-electron chi connectivity index (χ0n) is 14.1. The van der Waals surface area contributed by atoms with E-state index in [-0.39, 0.29) is 12.5 Å². The molecule has 3 aromatic rings. The molecule has 0 aliphatic heterocycles. The summed E-state index contributed by atoms with van der Waals surface area (Å²) in [7, 11) is 0. The van der Waals surface area contributed by atoms with Gasteiger partial charge in [0.2, 0.25) is 0 Å². The molecule has 3 rings (SSSR count). The Morgan fingerprint density at radius 3 is 2.44 bits per heavy atom. The lowest BCUT2D eigenvalue weighted by atomic mass is 10.1. The van der Waals surface area contributed by atoms with Gasteiger partial charge in [-0.2, -0.15) is 5.10 Å². The highest BCUT2D eigenvalue weighted by Gasteiger charge is 2.12. The van der Waals surface area contributed by atoms with E-state index in [1.165, 1.54) is 0 Å². The third kappa shape index (κ3) is 4.14. The van der Waals surface area contributed by atoms with Crippen molar-refractivity contribution < 1.29 is 9.90 Å². The number of nitrogens with one attached hydrogen (secondary N) is 1. The summed E-state index contributed by atoms with van der Waals surface area (Å²) in [5.41, 5.74) is 4.26. The fraction of sp³-hybridized carbons (Fsp3) is 0.200. The molecular weight excluding hydrogens is 314 g/mol. The number of aryl methyl sites for hydroxylation is 1. The van der Waals surface area contributed by atoms with Crippen LogP contribution in [0.4, 0.5) is 0 Å². The van der Waals surface area contributed by atoms with E-state index in [4.69, 9.17) is 5.11 Å². The van der Waals surface area contributed by atoms with Crippen molar-refractivity contribution >= 4 is 5.91 Å². The van der Waals surface area contributed by atoms with Gasteiger partial charge in [0.05, 0.1) is 12.3 Å². The number of aliphatic hydroxyl groups is 1. The molecule has 0 aliphatic carbocycles. The molecule has 0 fully saturated rings. The normalized spacial score (nSPS) is 10.6. The van der Waals surface area contributed by atoms with Crippen LogP contribution < -0.4 is 5.32 Å². The van der Waals surface area contributed by atoms with E-state index in [1.807, 2.05) is 61.5 Å². The van der Waals surface area contributed by atoms with Gasteiger partial charge in [-0.3, -0.25) is 4.79 Å². The Morgan fingerprint density at radius 1 is 1.08 bits per heavy atom. The zero-order chi connectivity index (χ0) is 17.6. The molecule has 2 aromatic carbocycles. The average molecular weight is 335 g/mol. The molecule has 5 nitrogen and oxygen atoms in total. The number of hydrogen-bond donors (Lipinski definition) is 2. The molecule has 5 heteroatoms. The number of carbonyl (C=O) groups excluding carboxylic acids is 1. The van der Waals surface area contributed by atoms with Crippen molar-refractivity contribution in [3.63, 3.8) is 0 Å². The van der Waals surface area contributed by atoms with Crippen molar-refractivity contribution in [2.45, 2.75) is 20.0 Å².